The first kappa shape index (κ1) is 26.4. The maximum Gasteiger partial charge on any atom is 0.308 e. The van der Waals surface area contributed by atoms with Crippen molar-refractivity contribution in [3.05, 3.63) is 72.7 Å². The van der Waals surface area contributed by atoms with Crippen LogP contribution in [0.1, 0.15) is 50.7 Å². The van der Waals surface area contributed by atoms with Crippen LogP contribution in [0.5, 0.6) is 5.75 Å². The topological polar surface area (TPSA) is 98.1 Å². The number of carbonyl (C=O) groups excluding carboxylic acids is 3. The van der Waals surface area contributed by atoms with Crippen LogP contribution in [0.4, 0.5) is 0 Å². The number of esters is 2. The van der Waals surface area contributed by atoms with Gasteiger partial charge in [-0.2, -0.15) is 0 Å². The second-order valence-electron chi connectivity index (χ2n) is 9.90. The fourth-order valence-electron chi connectivity index (χ4n) is 5.96. The number of carbonyl (C=O) groups is 3. The predicted molar refractivity (Wildman–Crippen MR) is 139 cm³/mol. The fraction of sp³-hybridized carbons (Fsp3) is 0.414. The van der Waals surface area contributed by atoms with Gasteiger partial charge in [-0.05, 0) is 62.1 Å². The van der Waals surface area contributed by atoms with Gasteiger partial charge in [-0.1, -0.05) is 18.2 Å². The minimum Gasteiger partial charge on any atom is -0.472 e. The quantitative estimate of drug-likeness (QED) is 0.250. The van der Waals surface area contributed by atoms with Crippen LogP contribution in [0.15, 0.2) is 66.0 Å². The Balaban J connectivity index is 1.69. The Bertz CT molecular complexity index is 1170. The van der Waals surface area contributed by atoms with Crippen molar-refractivity contribution in [2.75, 3.05) is 19.6 Å². The summed E-state index contributed by atoms with van der Waals surface area (Å²) in [4.78, 5) is 39.1. The van der Waals surface area contributed by atoms with Crippen molar-refractivity contribution in [3.8, 4) is 5.75 Å². The van der Waals surface area contributed by atoms with Gasteiger partial charge in [-0.3, -0.25) is 19.3 Å². The van der Waals surface area contributed by atoms with Gasteiger partial charge >= 0.3 is 11.9 Å². The molecule has 3 atom stereocenters. The molecule has 2 fully saturated rings. The third-order valence-electron chi connectivity index (χ3n) is 7.39. The molecule has 1 aliphatic heterocycles. The van der Waals surface area contributed by atoms with E-state index in [1.165, 1.54) is 19.9 Å². The number of amides is 1. The summed E-state index contributed by atoms with van der Waals surface area (Å²) >= 11 is 0. The number of hydrogen-bond acceptors (Lipinski definition) is 7. The lowest BCUT2D eigenvalue weighted by molar-refractivity contribution is -0.186. The van der Waals surface area contributed by atoms with Crippen LogP contribution in [-0.4, -0.2) is 54.0 Å². The van der Waals surface area contributed by atoms with Crippen LogP contribution in [0.2, 0.25) is 0 Å². The predicted octanol–water partition coefficient (Wildman–Crippen LogP) is 4.02. The number of benzene rings is 1. The van der Waals surface area contributed by atoms with Gasteiger partial charge in [0.2, 0.25) is 5.91 Å². The molecule has 4 rings (SSSR count). The van der Waals surface area contributed by atoms with E-state index in [0.717, 1.165) is 17.7 Å². The van der Waals surface area contributed by atoms with E-state index < -0.39 is 17.0 Å². The van der Waals surface area contributed by atoms with E-state index in [1.807, 2.05) is 24.3 Å². The molecule has 0 bridgehead atoms. The van der Waals surface area contributed by atoms with E-state index in [1.54, 1.807) is 30.7 Å². The van der Waals surface area contributed by atoms with Crippen LogP contribution in [0.3, 0.4) is 0 Å². The minimum atomic E-state index is -0.803. The van der Waals surface area contributed by atoms with Crippen molar-refractivity contribution in [1.29, 1.82) is 0 Å². The lowest BCUT2D eigenvalue weighted by Crippen LogP contribution is -2.68. The Labute approximate surface area is 217 Å². The molecule has 0 unspecified atom stereocenters. The number of hydrogen-bond donors (Lipinski definition) is 1. The number of fused-ring (bicyclic) bond motifs is 1. The molecule has 1 N–H and O–H groups in total. The van der Waals surface area contributed by atoms with Crippen LogP contribution < -0.4 is 10.1 Å². The zero-order chi connectivity index (χ0) is 26.5. The summed E-state index contributed by atoms with van der Waals surface area (Å²) in [5, 5.41) is 3.15. The first-order valence-electron chi connectivity index (χ1n) is 12.6. The molecule has 196 valence electrons. The van der Waals surface area contributed by atoms with Gasteiger partial charge in [0.25, 0.3) is 0 Å². The number of rotatable bonds is 8. The van der Waals surface area contributed by atoms with Crippen LogP contribution in [0.25, 0.3) is 6.08 Å². The monoisotopic (exact) mass is 506 g/mol. The van der Waals surface area contributed by atoms with Gasteiger partial charge in [-0.25, -0.2) is 0 Å². The molecule has 1 amide bonds. The average molecular weight is 507 g/mol. The maximum absolute atomic E-state index is 12.8. The van der Waals surface area contributed by atoms with Crippen molar-refractivity contribution < 1.29 is 28.3 Å². The highest BCUT2D eigenvalue weighted by atomic mass is 16.6. The molecule has 2 aromatic rings. The summed E-state index contributed by atoms with van der Waals surface area (Å²) in [7, 11) is 0. The van der Waals surface area contributed by atoms with Crippen molar-refractivity contribution in [1.82, 2.24) is 10.2 Å². The van der Waals surface area contributed by atoms with E-state index >= 15 is 0 Å². The molecule has 0 radical (unpaired) electrons. The molecule has 8 heteroatoms. The molecule has 0 spiro atoms. The highest BCUT2D eigenvalue weighted by Crippen LogP contribution is 2.54. The minimum absolute atomic E-state index is 0.131. The highest BCUT2D eigenvalue weighted by Gasteiger charge is 2.60. The van der Waals surface area contributed by atoms with E-state index in [4.69, 9.17) is 13.9 Å². The lowest BCUT2D eigenvalue weighted by Gasteiger charge is -2.59. The number of nitrogens with one attached hydrogen (secondary N) is 1. The van der Waals surface area contributed by atoms with E-state index in [-0.39, 0.29) is 17.9 Å². The van der Waals surface area contributed by atoms with Gasteiger partial charge in [0, 0.05) is 50.0 Å². The van der Waals surface area contributed by atoms with E-state index in [2.05, 4.69) is 16.8 Å². The number of likely N-dealkylation sites (tertiary alicyclic amines) is 1. The standard InChI is InChI=1S/C29H34N2O6/c1-4-14-31-15-13-28(24-6-5-7-26(17-24)36-21(2)32)18-25(10-12-29(28,20-31)37-22(3)33)30-27(34)9-8-23-11-16-35-19-23/h4-9,11,16-17,19,25H,1,10,12-15,18,20H2,2-3H3,(H,30,34)/b9-8+/t25-,28+,29+/m1/s1. The van der Waals surface area contributed by atoms with Gasteiger partial charge in [0.1, 0.15) is 11.4 Å². The second-order valence-corrected chi connectivity index (χ2v) is 9.90. The van der Waals surface area contributed by atoms with Crippen molar-refractivity contribution in [2.45, 2.75) is 56.6 Å². The maximum atomic E-state index is 12.8. The van der Waals surface area contributed by atoms with Crippen molar-refractivity contribution >= 4 is 23.9 Å². The molecule has 1 saturated carbocycles. The number of piperidine rings is 1. The first-order valence-corrected chi connectivity index (χ1v) is 12.6. The van der Waals surface area contributed by atoms with Gasteiger partial charge in [-0.15, -0.1) is 6.58 Å². The Morgan fingerprint density at radius 3 is 2.76 bits per heavy atom. The summed E-state index contributed by atoms with van der Waals surface area (Å²) in [5.41, 5.74) is 0.347. The smallest absolute Gasteiger partial charge is 0.308 e. The zero-order valence-corrected chi connectivity index (χ0v) is 21.4. The largest absolute Gasteiger partial charge is 0.472 e. The Morgan fingerprint density at radius 2 is 2.05 bits per heavy atom. The highest BCUT2D eigenvalue weighted by molar-refractivity contribution is 5.91. The number of furan rings is 1. The molecule has 2 aliphatic rings. The van der Waals surface area contributed by atoms with Crippen molar-refractivity contribution in [2.24, 2.45) is 0 Å². The third-order valence-corrected chi connectivity index (χ3v) is 7.39. The summed E-state index contributed by atoms with van der Waals surface area (Å²) in [6, 6.07) is 9.11. The van der Waals surface area contributed by atoms with Crippen LogP contribution >= 0.6 is 0 Å². The summed E-state index contributed by atoms with van der Waals surface area (Å²) in [5.74, 6) is -0.496. The molecule has 1 aromatic heterocycles. The molecule has 1 aliphatic carbocycles. The molecule has 1 aromatic carbocycles. The molecular formula is C29H34N2O6. The summed E-state index contributed by atoms with van der Waals surface area (Å²) in [6.07, 6.45) is 10.7. The van der Waals surface area contributed by atoms with Crippen LogP contribution in [0, 0.1) is 0 Å². The molecule has 37 heavy (non-hydrogen) atoms. The number of ether oxygens (including phenoxy) is 2. The third kappa shape index (κ3) is 5.85. The number of nitrogens with zero attached hydrogens (tertiary/aromatic N) is 1. The van der Waals surface area contributed by atoms with E-state index in [0.29, 0.717) is 44.5 Å². The fourth-order valence-corrected chi connectivity index (χ4v) is 5.96. The Hall–Kier alpha value is -3.65. The molecule has 8 nitrogen and oxygen atoms in total. The second kappa shape index (κ2) is 11.2. The normalized spacial score (nSPS) is 25.7. The molecular weight excluding hydrogens is 472 g/mol. The van der Waals surface area contributed by atoms with Gasteiger partial charge < -0.3 is 19.2 Å². The lowest BCUT2D eigenvalue weighted by atomic mass is 9.55. The Morgan fingerprint density at radius 1 is 1.22 bits per heavy atom. The van der Waals surface area contributed by atoms with Crippen molar-refractivity contribution in [3.63, 3.8) is 0 Å². The molecule has 1 saturated heterocycles. The molecule has 2 heterocycles. The van der Waals surface area contributed by atoms with Gasteiger partial charge in [0.05, 0.1) is 12.5 Å². The summed E-state index contributed by atoms with van der Waals surface area (Å²) in [6.45, 7) is 8.70. The summed E-state index contributed by atoms with van der Waals surface area (Å²) < 4.78 is 16.7. The van der Waals surface area contributed by atoms with Crippen LogP contribution in [-0.2, 0) is 24.5 Å². The average Bonchev–Trinajstić information content (AvgIpc) is 3.36. The van der Waals surface area contributed by atoms with Gasteiger partial charge in [0.15, 0.2) is 0 Å². The SMILES string of the molecule is C=CCN1CC[C@@]2(c3cccc(OC(C)=O)c3)C[C@H](NC(=O)/C=C/c3ccoc3)CC[C@]2(OC(C)=O)C1. The first-order chi connectivity index (χ1) is 17.7. The van der Waals surface area contributed by atoms with E-state index in [9.17, 15) is 14.4 Å². The Kier molecular flexibility index (Phi) is 7.97. The zero-order valence-electron chi connectivity index (χ0n) is 21.4.